The van der Waals surface area contributed by atoms with E-state index in [9.17, 15) is 9.18 Å². The maximum absolute atomic E-state index is 13.3. The highest BCUT2D eigenvalue weighted by Crippen LogP contribution is 2.20. The lowest BCUT2D eigenvalue weighted by Crippen LogP contribution is -2.18. The number of benzene rings is 1. The average molecular weight is 234 g/mol. The molecule has 0 aromatic heterocycles. The van der Waals surface area contributed by atoms with Crippen LogP contribution < -0.4 is 0 Å². The first-order valence-corrected chi connectivity index (χ1v) is 5.82. The molecule has 2 rings (SSSR count). The number of rotatable bonds is 3. The van der Waals surface area contributed by atoms with Gasteiger partial charge >= 0.3 is 5.97 Å². The zero-order valence-corrected chi connectivity index (χ0v) is 9.56. The van der Waals surface area contributed by atoms with E-state index >= 15 is 0 Å². The van der Waals surface area contributed by atoms with Crippen LogP contribution in [0.25, 0.3) is 0 Å². The highest BCUT2D eigenvalue weighted by Gasteiger charge is 2.20. The summed E-state index contributed by atoms with van der Waals surface area (Å²) in [5.41, 5.74) is 0.423. The number of hydrogen-bond acceptors (Lipinski definition) is 2. The maximum Gasteiger partial charge on any atom is 0.309 e. The zero-order chi connectivity index (χ0) is 12.1. The van der Waals surface area contributed by atoms with Crippen LogP contribution in [-0.4, -0.2) is 5.97 Å². The minimum absolute atomic E-state index is 0.0196. The minimum atomic E-state index is -0.330. The van der Waals surface area contributed by atoms with Crippen molar-refractivity contribution in [3.8, 4) is 0 Å². The van der Waals surface area contributed by atoms with Gasteiger partial charge in [-0.2, -0.15) is 0 Å². The molecule has 0 spiro atoms. The lowest BCUT2D eigenvalue weighted by Gasteiger charge is -2.16. The molecule has 1 aromatic carbocycles. The van der Waals surface area contributed by atoms with Crippen molar-refractivity contribution in [2.45, 2.75) is 25.9 Å². The summed E-state index contributed by atoms with van der Waals surface area (Å²) in [5.74, 6) is -0.617. The van der Waals surface area contributed by atoms with Gasteiger partial charge in [0.25, 0.3) is 0 Å². The second-order valence-corrected chi connectivity index (χ2v) is 4.18. The molecule has 1 aromatic rings. The fraction of sp³-hybridized carbons (Fsp3) is 0.357. The van der Waals surface area contributed by atoms with Crippen LogP contribution in [0.5, 0.6) is 0 Å². The van der Waals surface area contributed by atoms with Crippen molar-refractivity contribution in [3.05, 3.63) is 47.8 Å². The fourth-order valence-corrected chi connectivity index (χ4v) is 1.89. The molecule has 0 N–H and O–H groups in total. The Morgan fingerprint density at radius 1 is 1.35 bits per heavy atom. The Hall–Kier alpha value is -1.64. The lowest BCUT2D eigenvalue weighted by atomic mass is 9.95. The van der Waals surface area contributed by atoms with E-state index in [1.165, 1.54) is 6.07 Å². The first-order valence-electron chi connectivity index (χ1n) is 5.82. The van der Waals surface area contributed by atoms with Crippen molar-refractivity contribution in [3.63, 3.8) is 0 Å². The summed E-state index contributed by atoms with van der Waals surface area (Å²) in [6, 6.07) is 6.35. The summed E-state index contributed by atoms with van der Waals surface area (Å²) >= 11 is 0. The van der Waals surface area contributed by atoms with Crippen LogP contribution in [-0.2, 0) is 16.1 Å². The van der Waals surface area contributed by atoms with E-state index < -0.39 is 0 Å². The Bertz CT molecular complexity index is 426. The standard InChI is InChI=1S/C14H15FO2/c15-13-9-5-4-8-12(13)10-17-14(16)11-6-2-1-3-7-11/h1-2,4-5,8-9,11H,3,6-7,10H2. The molecule has 90 valence electrons. The van der Waals surface area contributed by atoms with E-state index in [-0.39, 0.29) is 24.3 Å². The number of carbonyl (C=O) groups is 1. The van der Waals surface area contributed by atoms with E-state index in [4.69, 9.17) is 4.74 Å². The number of carbonyl (C=O) groups excluding carboxylic acids is 1. The van der Waals surface area contributed by atoms with Crippen LogP contribution in [0.2, 0.25) is 0 Å². The van der Waals surface area contributed by atoms with Crippen LogP contribution in [0, 0.1) is 11.7 Å². The molecule has 2 nitrogen and oxygen atoms in total. The molecular weight excluding hydrogens is 219 g/mol. The first kappa shape index (κ1) is 11.8. The van der Waals surface area contributed by atoms with Crippen LogP contribution >= 0.6 is 0 Å². The SMILES string of the molecule is O=C(OCc1ccccc1F)C1CC=CCC1. The number of hydrogen-bond donors (Lipinski definition) is 0. The first-order chi connectivity index (χ1) is 8.27. The maximum atomic E-state index is 13.3. The summed E-state index contributed by atoms with van der Waals surface area (Å²) < 4.78 is 18.4. The molecule has 0 fully saturated rings. The predicted octanol–water partition coefficient (Wildman–Crippen LogP) is 3.23. The van der Waals surface area contributed by atoms with Crippen molar-refractivity contribution < 1.29 is 13.9 Å². The number of esters is 1. The minimum Gasteiger partial charge on any atom is -0.460 e. The molecular formula is C14H15FO2. The third kappa shape index (κ3) is 3.16. The van der Waals surface area contributed by atoms with Crippen molar-refractivity contribution in [1.82, 2.24) is 0 Å². The Morgan fingerprint density at radius 2 is 2.18 bits per heavy atom. The smallest absolute Gasteiger partial charge is 0.309 e. The van der Waals surface area contributed by atoms with Crippen molar-refractivity contribution in [2.24, 2.45) is 5.92 Å². The van der Waals surface area contributed by atoms with E-state index in [0.717, 1.165) is 19.3 Å². The van der Waals surface area contributed by atoms with Crippen molar-refractivity contribution >= 4 is 5.97 Å². The number of ether oxygens (including phenoxy) is 1. The largest absolute Gasteiger partial charge is 0.460 e. The average Bonchev–Trinajstić information content (AvgIpc) is 2.38. The van der Waals surface area contributed by atoms with Crippen LogP contribution in [0.1, 0.15) is 24.8 Å². The molecule has 1 atom stereocenters. The molecule has 1 aliphatic carbocycles. The van der Waals surface area contributed by atoms with E-state index in [1.807, 2.05) is 6.08 Å². The summed E-state index contributed by atoms with van der Waals surface area (Å²) in [5, 5.41) is 0. The molecule has 0 saturated carbocycles. The Morgan fingerprint density at radius 3 is 2.88 bits per heavy atom. The molecule has 17 heavy (non-hydrogen) atoms. The van der Waals surface area contributed by atoms with Gasteiger partial charge in [-0.15, -0.1) is 0 Å². The molecule has 0 bridgehead atoms. The summed E-state index contributed by atoms with van der Waals surface area (Å²) in [6.07, 6.45) is 6.54. The number of allylic oxidation sites excluding steroid dienone is 2. The van der Waals surface area contributed by atoms with Crippen molar-refractivity contribution in [2.75, 3.05) is 0 Å². The van der Waals surface area contributed by atoms with Gasteiger partial charge in [-0.25, -0.2) is 4.39 Å². The Balaban J connectivity index is 1.88. The van der Waals surface area contributed by atoms with Crippen LogP contribution in [0.3, 0.4) is 0 Å². The monoisotopic (exact) mass is 234 g/mol. The van der Waals surface area contributed by atoms with Gasteiger partial charge in [0.05, 0.1) is 5.92 Å². The highest BCUT2D eigenvalue weighted by molar-refractivity contribution is 5.72. The Labute approximate surface area is 100 Å². The van der Waals surface area contributed by atoms with E-state index in [1.54, 1.807) is 18.2 Å². The third-order valence-corrected chi connectivity index (χ3v) is 2.93. The van der Waals surface area contributed by atoms with Gasteiger partial charge in [0.15, 0.2) is 0 Å². The van der Waals surface area contributed by atoms with Gasteiger partial charge in [-0.05, 0) is 25.3 Å². The van der Waals surface area contributed by atoms with Crippen LogP contribution in [0.15, 0.2) is 36.4 Å². The quantitative estimate of drug-likeness (QED) is 0.593. The topological polar surface area (TPSA) is 26.3 Å². The second kappa shape index (κ2) is 5.62. The molecule has 3 heteroatoms. The fourth-order valence-electron chi connectivity index (χ4n) is 1.89. The summed E-state index contributed by atoms with van der Waals surface area (Å²) in [7, 11) is 0. The molecule has 1 aliphatic rings. The molecule has 0 saturated heterocycles. The third-order valence-electron chi connectivity index (χ3n) is 2.93. The lowest BCUT2D eigenvalue weighted by molar-refractivity contribution is -0.150. The van der Waals surface area contributed by atoms with Gasteiger partial charge in [-0.3, -0.25) is 4.79 Å². The molecule has 0 aliphatic heterocycles. The summed E-state index contributed by atoms with van der Waals surface area (Å²) in [4.78, 5) is 11.7. The second-order valence-electron chi connectivity index (χ2n) is 4.18. The van der Waals surface area contributed by atoms with Gasteiger partial charge in [0, 0.05) is 5.56 Å². The predicted molar refractivity (Wildman–Crippen MR) is 62.7 cm³/mol. The van der Waals surface area contributed by atoms with Gasteiger partial charge in [0.2, 0.25) is 0 Å². The molecule has 1 unspecified atom stereocenters. The van der Waals surface area contributed by atoms with Crippen LogP contribution in [0.4, 0.5) is 4.39 Å². The molecule has 0 amide bonds. The number of halogens is 1. The van der Waals surface area contributed by atoms with Gasteiger partial charge in [0.1, 0.15) is 12.4 Å². The summed E-state index contributed by atoms with van der Waals surface area (Å²) in [6.45, 7) is 0.0196. The van der Waals surface area contributed by atoms with Gasteiger partial charge < -0.3 is 4.74 Å². The molecule has 0 radical (unpaired) electrons. The van der Waals surface area contributed by atoms with E-state index in [0.29, 0.717) is 5.56 Å². The van der Waals surface area contributed by atoms with Crippen molar-refractivity contribution in [1.29, 1.82) is 0 Å². The van der Waals surface area contributed by atoms with Gasteiger partial charge in [-0.1, -0.05) is 30.4 Å². The van der Waals surface area contributed by atoms with E-state index in [2.05, 4.69) is 6.08 Å². The normalized spacial score (nSPS) is 19.0. The Kier molecular flexibility index (Phi) is 3.91. The highest BCUT2D eigenvalue weighted by atomic mass is 19.1. The zero-order valence-electron chi connectivity index (χ0n) is 9.56. The molecule has 0 heterocycles.